The number of benzene rings is 2. The first-order valence-corrected chi connectivity index (χ1v) is 7.89. The van der Waals surface area contributed by atoms with E-state index in [2.05, 4.69) is 4.98 Å². The molecule has 1 heterocycles. The number of pyridine rings is 1. The van der Waals surface area contributed by atoms with E-state index in [0.717, 1.165) is 16.5 Å². The van der Waals surface area contributed by atoms with Gasteiger partial charge in [0.15, 0.2) is 0 Å². The van der Waals surface area contributed by atoms with E-state index in [1.165, 1.54) is 42.7 Å². The van der Waals surface area contributed by atoms with Gasteiger partial charge in [-0.1, -0.05) is 42.5 Å². The summed E-state index contributed by atoms with van der Waals surface area (Å²) < 4.78 is 40.4. The molecule has 0 spiro atoms. The van der Waals surface area contributed by atoms with Gasteiger partial charge in [0, 0.05) is 18.0 Å². The molecule has 0 bridgehead atoms. The summed E-state index contributed by atoms with van der Waals surface area (Å²) in [7, 11) is 0. The molecular weight excluding hydrogens is 341 g/mol. The van der Waals surface area contributed by atoms with Crippen LogP contribution in [0.2, 0.25) is 0 Å². The van der Waals surface area contributed by atoms with Gasteiger partial charge in [-0.3, -0.25) is 9.78 Å². The number of hydrogen-bond acceptors (Lipinski definition) is 2. The molecule has 0 aliphatic carbocycles. The maximum atomic E-state index is 13.5. The summed E-state index contributed by atoms with van der Waals surface area (Å²) in [4.78, 5) is 18.0. The van der Waals surface area contributed by atoms with Crippen molar-refractivity contribution in [2.45, 2.75) is 12.7 Å². The molecule has 0 unspecified atom stereocenters. The third-order valence-electron chi connectivity index (χ3n) is 3.86. The highest BCUT2D eigenvalue weighted by Gasteiger charge is 2.36. The van der Waals surface area contributed by atoms with E-state index in [4.69, 9.17) is 0 Å². The van der Waals surface area contributed by atoms with Crippen LogP contribution in [0, 0.1) is 0 Å². The van der Waals surface area contributed by atoms with Gasteiger partial charge in [0.05, 0.1) is 17.8 Å². The Morgan fingerprint density at radius 1 is 0.885 bits per heavy atom. The van der Waals surface area contributed by atoms with E-state index in [1.807, 2.05) is 6.07 Å². The molecule has 0 saturated heterocycles. The molecule has 0 aliphatic heterocycles. The largest absolute Gasteiger partial charge is 0.418 e. The first-order chi connectivity index (χ1) is 12.5. The van der Waals surface area contributed by atoms with E-state index in [-0.39, 0.29) is 17.8 Å². The van der Waals surface area contributed by atoms with Crippen molar-refractivity contribution in [2.75, 3.05) is 4.90 Å². The Kier molecular flexibility index (Phi) is 5.02. The fourth-order valence-corrected chi connectivity index (χ4v) is 2.63. The number of amides is 1. The summed E-state index contributed by atoms with van der Waals surface area (Å²) in [5.41, 5.74) is -0.0243. The predicted molar refractivity (Wildman–Crippen MR) is 92.6 cm³/mol. The Morgan fingerprint density at radius 3 is 2.15 bits per heavy atom. The Hall–Kier alpha value is -3.15. The van der Waals surface area contributed by atoms with Crippen molar-refractivity contribution in [3.05, 3.63) is 95.8 Å². The third-order valence-corrected chi connectivity index (χ3v) is 3.86. The molecule has 26 heavy (non-hydrogen) atoms. The Labute approximate surface area is 148 Å². The van der Waals surface area contributed by atoms with Gasteiger partial charge in [0.25, 0.3) is 5.91 Å². The van der Waals surface area contributed by atoms with Gasteiger partial charge in [0.1, 0.15) is 0 Å². The summed E-state index contributed by atoms with van der Waals surface area (Å²) in [5, 5.41) is 0. The second-order valence-corrected chi connectivity index (χ2v) is 5.63. The number of anilines is 1. The van der Waals surface area contributed by atoms with Crippen LogP contribution < -0.4 is 4.90 Å². The van der Waals surface area contributed by atoms with Crippen LogP contribution >= 0.6 is 0 Å². The van der Waals surface area contributed by atoms with Crippen LogP contribution in [-0.2, 0) is 12.7 Å². The van der Waals surface area contributed by atoms with E-state index in [1.54, 1.807) is 24.3 Å². The Balaban J connectivity index is 2.08. The van der Waals surface area contributed by atoms with E-state index in [9.17, 15) is 18.0 Å². The lowest BCUT2D eigenvalue weighted by atomic mass is 10.1. The van der Waals surface area contributed by atoms with Gasteiger partial charge >= 0.3 is 6.18 Å². The van der Waals surface area contributed by atoms with Gasteiger partial charge in [-0.2, -0.15) is 13.2 Å². The van der Waals surface area contributed by atoms with Crippen LogP contribution in [0.3, 0.4) is 0 Å². The number of nitrogens with zero attached hydrogens (tertiary/aromatic N) is 2. The van der Waals surface area contributed by atoms with Crippen LogP contribution in [0.25, 0.3) is 0 Å². The van der Waals surface area contributed by atoms with Gasteiger partial charge in [-0.05, 0) is 29.8 Å². The van der Waals surface area contributed by atoms with Crippen molar-refractivity contribution in [2.24, 2.45) is 0 Å². The highest BCUT2D eigenvalue weighted by Crippen LogP contribution is 2.37. The molecule has 3 nitrogen and oxygen atoms in total. The quantitative estimate of drug-likeness (QED) is 0.663. The molecule has 0 atom stereocenters. The Bertz CT molecular complexity index is 880. The average Bonchev–Trinajstić information content (AvgIpc) is 2.66. The van der Waals surface area contributed by atoms with Crippen LogP contribution in [-0.4, -0.2) is 10.9 Å². The number of alkyl halides is 3. The molecular formula is C20H15F3N2O. The molecule has 1 aromatic heterocycles. The zero-order chi connectivity index (χ0) is 18.6. The van der Waals surface area contributed by atoms with Crippen molar-refractivity contribution in [1.29, 1.82) is 0 Å². The van der Waals surface area contributed by atoms with Crippen molar-refractivity contribution in [1.82, 2.24) is 4.98 Å². The summed E-state index contributed by atoms with van der Waals surface area (Å²) >= 11 is 0. The van der Waals surface area contributed by atoms with E-state index in [0.29, 0.717) is 0 Å². The number of hydrogen-bond donors (Lipinski definition) is 0. The minimum absolute atomic E-state index is 0.0229. The molecule has 0 fully saturated rings. The number of rotatable bonds is 4. The molecule has 0 radical (unpaired) electrons. The fourth-order valence-electron chi connectivity index (χ4n) is 2.63. The van der Waals surface area contributed by atoms with Gasteiger partial charge in [0.2, 0.25) is 0 Å². The Morgan fingerprint density at radius 2 is 1.50 bits per heavy atom. The average molecular weight is 356 g/mol. The minimum Gasteiger partial charge on any atom is -0.303 e. The predicted octanol–water partition coefficient (Wildman–Crippen LogP) is 4.95. The lowest BCUT2D eigenvalue weighted by Gasteiger charge is -2.26. The van der Waals surface area contributed by atoms with Crippen LogP contribution in [0.15, 0.2) is 79.1 Å². The SMILES string of the molecule is O=C(c1ccncc1)N(Cc1ccccc1)c1ccccc1C(F)(F)F. The number of carbonyl (C=O) groups is 1. The topological polar surface area (TPSA) is 33.2 Å². The van der Waals surface area contributed by atoms with Gasteiger partial charge in [-0.25, -0.2) is 0 Å². The normalized spacial score (nSPS) is 11.2. The zero-order valence-corrected chi connectivity index (χ0v) is 13.6. The minimum atomic E-state index is -4.57. The first-order valence-electron chi connectivity index (χ1n) is 7.89. The maximum Gasteiger partial charge on any atom is 0.418 e. The van der Waals surface area contributed by atoms with E-state index >= 15 is 0 Å². The van der Waals surface area contributed by atoms with Crippen molar-refractivity contribution in [3.63, 3.8) is 0 Å². The third kappa shape index (κ3) is 3.91. The molecule has 0 aliphatic rings. The summed E-state index contributed by atoms with van der Waals surface area (Å²) in [6.07, 6.45) is -1.70. The molecule has 0 N–H and O–H groups in total. The molecule has 6 heteroatoms. The molecule has 0 saturated carbocycles. The lowest BCUT2D eigenvalue weighted by molar-refractivity contribution is -0.137. The standard InChI is InChI=1S/C20H15F3N2O/c21-20(22,23)17-8-4-5-9-18(17)25(14-15-6-2-1-3-7-15)19(26)16-10-12-24-13-11-16/h1-13H,14H2. The molecule has 1 amide bonds. The van der Waals surface area contributed by atoms with Crippen molar-refractivity contribution < 1.29 is 18.0 Å². The van der Waals surface area contributed by atoms with Gasteiger partial charge < -0.3 is 4.90 Å². The molecule has 3 rings (SSSR count). The second-order valence-electron chi connectivity index (χ2n) is 5.63. The smallest absolute Gasteiger partial charge is 0.303 e. The van der Waals surface area contributed by atoms with Crippen LogP contribution in [0.1, 0.15) is 21.5 Å². The molecule has 3 aromatic rings. The molecule has 132 valence electrons. The first kappa shape index (κ1) is 17.7. The van der Waals surface area contributed by atoms with Crippen molar-refractivity contribution in [3.8, 4) is 0 Å². The maximum absolute atomic E-state index is 13.5. The van der Waals surface area contributed by atoms with Crippen molar-refractivity contribution >= 4 is 11.6 Å². The fraction of sp³-hybridized carbons (Fsp3) is 0.100. The second kappa shape index (κ2) is 7.39. The lowest BCUT2D eigenvalue weighted by Crippen LogP contribution is -2.32. The van der Waals surface area contributed by atoms with Crippen LogP contribution in [0.4, 0.5) is 18.9 Å². The highest BCUT2D eigenvalue weighted by atomic mass is 19.4. The monoisotopic (exact) mass is 356 g/mol. The highest BCUT2D eigenvalue weighted by molar-refractivity contribution is 6.06. The van der Waals surface area contributed by atoms with Crippen LogP contribution in [0.5, 0.6) is 0 Å². The number of halogens is 3. The zero-order valence-electron chi connectivity index (χ0n) is 13.6. The number of para-hydroxylation sites is 1. The summed E-state index contributed by atoms with van der Waals surface area (Å²) in [5.74, 6) is -0.520. The summed E-state index contributed by atoms with van der Waals surface area (Å²) in [6.45, 7) is 0.0229. The van der Waals surface area contributed by atoms with Gasteiger partial charge in [-0.15, -0.1) is 0 Å². The number of aromatic nitrogens is 1. The molecule has 2 aromatic carbocycles. The summed E-state index contributed by atoms with van der Waals surface area (Å²) in [6, 6.07) is 17.0. The number of carbonyl (C=O) groups excluding carboxylic acids is 1. The van der Waals surface area contributed by atoms with E-state index < -0.39 is 17.6 Å².